The molecule has 0 aliphatic heterocycles. The Labute approximate surface area is 113 Å². The van der Waals surface area contributed by atoms with Crippen LogP contribution in [-0.2, 0) is 0 Å². The van der Waals surface area contributed by atoms with Crippen molar-refractivity contribution < 1.29 is 0 Å². The fraction of sp³-hybridized carbons (Fsp3) is 1.00. The molecule has 0 amide bonds. The van der Waals surface area contributed by atoms with E-state index in [1.165, 1.54) is 90.3 Å². The van der Waals surface area contributed by atoms with Crippen molar-refractivity contribution in [3.63, 3.8) is 0 Å². The van der Waals surface area contributed by atoms with Crippen LogP contribution >= 0.6 is 0 Å². The van der Waals surface area contributed by atoms with Crippen LogP contribution in [0.25, 0.3) is 0 Å². The van der Waals surface area contributed by atoms with Gasteiger partial charge in [-0.3, -0.25) is 0 Å². The van der Waals surface area contributed by atoms with Crippen LogP contribution in [0.5, 0.6) is 0 Å². The minimum absolute atomic E-state index is 0.831. The molecule has 2 saturated carbocycles. The zero-order valence-electron chi connectivity index (χ0n) is 12.1. The second-order valence-electron chi connectivity index (χ2n) is 6.35. The molecule has 18 heavy (non-hydrogen) atoms. The molecule has 106 valence electrons. The minimum atomic E-state index is 0.831. The Morgan fingerprint density at radius 3 is 2.11 bits per heavy atom. The first kappa shape index (κ1) is 14.3. The summed E-state index contributed by atoms with van der Waals surface area (Å²) in [6.07, 6.45) is 15.8. The summed E-state index contributed by atoms with van der Waals surface area (Å²) in [5.41, 5.74) is 0. The Balaban J connectivity index is 1.39. The van der Waals surface area contributed by atoms with Gasteiger partial charge in [0.05, 0.1) is 0 Å². The van der Waals surface area contributed by atoms with Crippen molar-refractivity contribution in [2.75, 3.05) is 19.6 Å². The second kappa shape index (κ2) is 8.92. The summed E-state index contributed by atoms with van der Waals surface area (Å²) in [4.78, 5) is 0. The third kappa shape index (κ3) is 5.71. The van der Waals surface area contributed by atoms with E-state index in [4.69, 9.17) is 0 Å². The molecular formula is C16H32N2. The van der Waals surface area contributed by atoms with E-state index in [9.17, 15) is 0 Å². The van der Waals surface area contributed by atoms with Gasteiger partial charge in [0.1, 0.15) is 0 Å². The Kier molecular flexibility index (Phi) is 7.11. The van der Waals surface area contributed by atoms with Gasteiger partial charge in [0, 0.05) is 6.04 Å². The maximum atomic E-state index is 3.72. The van der Waals surface area contributed by atoms with Crippen molar-refractivity contribution in [3.8, 4) is 0 Å². The third-order valence-electron chi connectivity index (χ3n) is 4.73. The van der Waals surface area contributed by atoms with Gasteiger partial charge < -0.3 is 10.6 Å². The number of hydrogen-bond acceptors (Lipinski definition) is 2. The topological polar surface area (TPSA) is 24.1 Å². The summed E-state index contributed by atoms with van der Waals surface area (Å²) in [5, 5.41) is 7.37. The zero-order valence-corrected chi connectivity index (χ0v) is 12.1. The summed E-state index contributed by atoms with van der Waals surface area (Å²) in [6, 6.07) is 0.831. The van der Waals surface area contributed by atoms with Crippen LogP contribution in [0.15, 0.2) is 0 Å². The minimum Gasteiger partial charge on any atom is -0.316 e. The second-order valence-corrected chi connectivity index (χ2v) is 6.35. The summed E-state index contributed by atoms with van der Waals surface area (Å²) in [5.74, 6) is 0.977. The van der Waals surface area contributed by atoms with Crippen LogP contribution < -0.4 is 10.6 Å². The summed E-state index contributed by atoms with van der Waals surface area (Å²) < 4.78 is 0. The predicted octanol–water partition coefficient (Wildman–Crippen LogP) is 3.47. The molecule has 2 nitrogen and oxygen atoms in total. The van der Waals surface area contributed by atoms with Crippen LogP contribution in [0.3, 0.4) is 0 Å². The molecule has 2 rings (SSSR count). The van der Waals surface area contributed by atoms with E-state index in [2.05, 4.69) is 10.6 Å². The normalized spacial score (nSPS) is 23.3. The van der Waals surface area contributed by atoms with Crippen molar-refractivity contribution in [1.29, 1.82) is 0 Å². The Hall–Kier alpha value is -0.0800. The highest BCUT2D eigenvalue weighted by Gasteiger charge is 2.13. The van der Waals surface area contributed by atoms with Gasteiger partial charge in [-0.25, -0.2) is 0 Å². The smallest absolute Gasteiger partial charge is 0.00670 e. The van der Waals surface area contributed by atoms with Crippen LogP contribution in [0, 0.1) is 5.92 Å². The highest BCUT2D eigenvalue weighted by Crippen LogP contribution is 2.22. The van der Waals surface area contributed by atoms with Gasteiger partial charge >= 0.3 is 0 Å². The Morgan fingerprint density at radius 1 is 0.722 bits per heavy atom. The van der Waals surface area contributed by atoms with Crippen LogP contribution in [0.1, 0.15) is 70.6 Å². The molecule has 2 aliphatic rings. The molecule has 0 spiro atoms. The first-order valence-corrected chi connectivity index (χ1v) is 8.39. The molecule has 2 heteroatoms. The Morgan fingerprint density at radius 2 is 1.39 bits per heavy atom. The average molecular weight is 252 g/mol. The lowest BCUT2D eigenvalue weighted by Crippen LogP contribution is -2.33. The van der Waals surface area contributed by atoms with Gasteiger partial charge in [0.2, 0.25) is 0 Å². The molecular weight excluding hydrogens is 220 g/mol. The predicted molar refractivity (Wildman–Crippen MR) is 78.9 cm³/mol. The first-order valence-electron chi connectivity index (χ1n) is 8.39. The van der Waals surface area contributed by atoms with Gasteiger partial charge in [-0.05, 0) is 57.7 Å². The zero-order chi connectivity index (χ0) is 12.5. The maximum absolute atomic E-state index is 3.72. The molecule has 0 aromatic carbocycles. The lowest BCUT2D eigenvalue weighted by atomic mass is 9.89. The average Bonchev–Trinajstić information content (AvgIpc) is 2.45. The summed E-state index contributed by atoms with van der Waals surface area (Å²) >= 11 is 0. The quantitative estimate of drug-likeness (QED) is 0.678. The maximum Gasteiger partial charge on any atom is 0.00670 e. The number of rotatable bonds is 7. The van der Waals surface area contributed by atoms with E-state index >= 15 is 0 Å². The molecule has 0 aromatic rings. The molecule has 0 atom stereocenters. The van der Waals surface area contributed by atoms with E-state index in [0.717, 1.165) is 12.0 Å². The number of nitrogens with one attached hydrogen (secondary N) is 2. The van der Waals surface area contributed by atoms with E-state index in [-0.39, 0.29) is 0 Å². The molecule has 0 aromatic heterocycles. The monoisotopic (exact) mass is 252 g/mol. The third-order valence-corrected chi connectivity index (χ3v) is 4.73. The number of hydrogen-bond donors (Lipinski definition) is 2. The molecule has 0 radical (unpaired) electrons. The summed E-state index contributed by atoms with van der Waals surface area (Å²) in [7, 11) is 0. The first-order chi connectivity index (χ1) is 8.95. The molecule has 0 heterocycles. The molecule has 2 fully saturated rings. The molecule has 2 N–H and O–H groups in total. The fourth-order valence-corrected chi connectivity index (χ4v) is 3.52. The van der Waals surface area contributed by atoms with E-state index in [1.807, 2.05) is 0 Å². The van der Waals surface area contributed by atoms with Crippen LogP contribution in [-0.4, -0.2) is 25.7 Å². The van der Waals surface area contributed by atoms with Gasteiger partial charge in [-0.15, -0.1) is 0 Å². The molecule has 0 saturated heterocycles. The van der Waals surface area contributed by atoms with Crippen LogP contribution in [0.4, 0.5) is 0 Å². The lowest BCUT2D eigenvalue weighted by Gasteiger charge is -2.23. The van der Waals surface area contributed by atoms with E-state index in [0.29, 0.717) is 0 Å². The van der Waals surface area contributed by atoms with Gasteiger partial charge in [-0.1, -0.05) is 38.5 Å². The van der Waals surface area contributed by atoms with Gasteiger partial charge in [0.25, 0.3) is 0 Å². The molecule has 0 bridgehead atoms. The fourth-order valence-electron chi connectivity index (χ4n) is 3.52. The summed E-state index contributed by atoms with van der Waals surface area (Å²) in [6.45, 7) is 3.68. The highest BCUT2D eigenvalue weighted by molar-refractivity contribution is 4.72. The standard InChI is InChI=1S/C16H32N2/c1-3-8-15(9-4-1)14-17-12-7-13-18-16-10-5-2-6-11-16/h15-18H,1-14H2. The largest absolute Gasteiger partial charge is 0.316 e. The molecule has 2 aliphatic carbocycles. The SMILES string of the molecule is C1CCC(CNCCCNC2CCCCC2)CC1. The van der Waals surface area contributed by atoms with Gasteiger partial charge in [0.15, 0.2) is 0 Å². The highest BCUT2D eigenvalue weighted by atomic mass is 14.9. The van der Waals surface area contributed by atoms with Crippen molar-refractivity contribution >= 4 is 0 Å². The van der Waals surface area contributed by atoms with Crippen molar-refractivity contribution in [1.82, 2.24) is 10.6 Å². The van der Waals surface area contributed by atoms with Crippen molar-refractivity contribution in [2.24, 2.45) is 5.92 Å². The lowest BCUT2D eigenvalue weighted by molar-refractivity contribution is 0.338. The van der Waals surface area contributed by atoms with E-state index in [1.54, 1.807) is 0 Å². The molecule has 0 unspecified atom stereocenters. The Bertz CT molecular complexity index is 171. The van der Waals surface area contributed by atoms with Crippen LogP contribution in [0.2, 0.25) is 0 Å². The van der Waals surface area contributed by atoms with E-state index < -0.39 is 0 Å². The van der Waals surface area contributed by atoms with Crippen molar-refractivity contribution in [3.05, 3.63) is 0 Å². The van der Waals surface area contributed by atoms with Crippen molar-refractivity contribution in [2.45, 2.75) is 76.7 Å². The van der Waals surface area contributed by atoms with Gasteiger partial charge in [-0.2, -0.15) is 0 Å².